The molecule has 2 N–H and O–H groups in total. The summed E-state index contributed by atoms with van der Waals surface area (Å²) in [6, 6.07) is 11.2. The van der Waals surface area contributed by atoms with Crippen molar-refractivity contribution < 1.29 is 17.6 Å². The van der Waals surface area contributed by atoms with Gasteiger partial charge in [0.05, 0.1) is 11.3 Å². The van der Waals surface area contributed by atoms with Crippen LogP contribution in [-0.2, 0) is 21.2 Å². The summed E-state index contributed by atoms with van der Waals surface area (Å²) in [4.78, 5) is 11.8. The molecule has 0 saturated heterocycles. The molecule has 2 aromatic carbocycles. The predicted octanol–water partition coefficient (Wildman–Crippen LogP) is 3.33. The highest BCUT2D eigenvalue weighted by Gasteiger charge is 2.14. The van der Waals surface area contributed by atoms with Gasteiger partial charge in [0.2, 0.25) is 5.91 Å². The van der Waals surface area contributed by atoms with Crippen LogP contribution in [0.15, 0.2) is 53.4 Å². The molecule has 0 aliphatic heterocycles. The molecule has 0 fully saturated rings. The van der Waals surface area contributed by atoms with Crippen molar-refractivity contribution in [2.24, 2.45) is 5.92 Å². The van der Waals surface area contributed by atoms with Gasteiger partial charge in [-0.05, 0) is 54.3 Å². The molecule has 0 saturated carbocycles. The standard InChI is InChI=1S/C19H23FN2O3S/c1-14(2)11-12-21-19(23)13-15-3-7-17(8-4-15)22-26(24,25)18-9-5-16(20)6-10-18/h3-10,14,22H,11-13H2,1-2H3,(H,21,23). The van der Waals surface area contributed by atoms with E-state index >= 15 is 0 Å². The van der Waals surface area contributed by atoms with Crippen molar-refractivity contribution in [2.75, 3.05) is 11.3 Å². The van der Waals surface area contributed by atoms with E-state index in [-0.39, 0.29) is 17.2 Å². The lowest BCUT2D eigenvalue weighted by Gasteiger charge is -2.10. The lowest BCUT2D eigenvalue weighted by atomic mass is 10.1. The van der Waals surface area contributed by atoms with Gasteiger partial charge >= 0.3 is 0 Å². The summed E-state index contributed by atoms with van der Waals surface area (Å²) < 4.78 is 39.9. The van der Waals surface area contributed by atoms with E-state index in [1.54, 1.807) is 24.3 Å². The Balaban J connectivity index is 1.94. The molecule has 0 atom stereocenters. The van der Waals surface area contributed by atoms with Crippen molar-refractivity contribution in [1.29, 1.82) is 0 Å². The van der Waals surface area contributed by atoms with Gasteiger partial charge in [-0.15, -0.1) is 0 Å². The number of nitrogens with one attached hydrogen (secondary N) is 2. The van der Waals surface area contributed by atoms with Crippen LogP contribution in [0.4, 0.5) is 10.1 Å². The molecule has 140 valence electrons. The lowest BCUT2D eigenvalue weighted by Crippen LogP contribution is -2.26. The Hall–Kier alpha value is -2.41. The molecule has 0 radical (unpaired) electrons. The Labute approximate surface area is 153 Å². The molecule has 2 rings (SSSR count). The van der Waals surface area contributed by atoms with Crippen LogP contribution < -0.4 is 10.0 Å². The largest absolute Gasteiger partial charge is 0.356 e. The molecule has 26 heavy (non-hydrogen) atoms. The van der Waals surface area contributed by atoms with Gasteiger partial charge < -0.3 is 5.32 Å². The smallest absolute Gasteiger partial charge is 0.261 e. The summed E-state index contributed by atoms with van der Waals surface area (Å²) in [6.07, 6.45) is 1.17. The van der Waals surface area contributed by atoms with Crippen LogP contribution in [-0.4, -0.2) is 20.9 Å². The number of benzene rings is 2. The minimum Gasteiger partial charge on any atom is -0.356 e. The van der Waals surface area contributed by atoms with Crippen molar-refractivity contribution in [2.45, 2.75) is 31.6 Å². The molecule has 7 heteroatoms. The molecule has 0 aliphatic rings. The summed E-state index contributed by atoms with van der Waals surface area (Å²) >= 11 is 0. The van der Waals surface area contributed by atoms with Gasteiger partial charge in [-0.2, -0.15) is 0 Å². The third kappa shape index (κ3) is 6.15. The van der Waals surface area contributed by atoms with E-state index < -0.39 is 15.8 Å². The number of hydrogen-bond acceptors (Lipinski definition) is 3. The van der Waals surface area contributed by atoms with Crippen LogP contribution in [0.25, 0.3) is 0 Å². The summed E-state index contributed by atoms with van der Waals surface area (Å²) in [7, 11) is -3.78. The second kappa shape index (κ2) is 8.80. The maximum atomic E-state index is 12.9. The second-order valence-electron chi connectivity index (χ2n) is 6.47. The summed E-state index contributed by atoms with van der Waals surface area (Å²) in [6.45, 7) is 4.84. The van der Waals surface area contributed by atoms with Crippen molar-refractivity contribution in [3.05, 3.63) is 59.9 Å². The number of carbonyl (C=O) groups is 1. The summed E-state index contributed by atoms with van der Waals surface area (Å²) in [5, 5.41) is 2.86. The molecule has 0 unspecified atom stereocenters. The highest BCUT2D eigenvalue weighted by atomic mass is 32.2. The Kier molecular flexibility index (Phi) is 6.74. The number of halogens is 1. The summed E-state index contributed by atoms with van der Waals surface area (Å²) in [5.41, 5.74) is 1.16. The fourth-order valence-corrected chi connectivity index (χ4v) is 3.33. The molecule has 5 nitrogen and oxygen atoms in total. The first-order valence-electron chi connectivity index (χ1n) is 8.40. The molecule has 0 spiro atoms. The zero-order valence-electron chi connectivity index (χ0n) is 14.8. The normalized spacial score (nSPS) is 11.4. The van der Waals surface area contributed by atoms with E-state index in [1.165, 1.54) is 12.1 Å². The van der Waals surface area contributed by atoms with Crippen LogP contribution in [0.3, 0.4) is 0 Å². The maximum Gasteiger partial charge on any atom is 0.261 e. The molecular weight excluding hydrogens is 355 g/mol. The quantitative estimate of drug-likeness (QED) is 0.740. The van der Waals surface area contributed by atoms with Crippen LogP contribution in [0.2, 0.25) is 0 Å². The van der Waals surface area contributed by atoms with Crippen molar-refractivity contribution in [1.82, 2.24) is 5.32 Å². The first kappa shape index (κ1) is 19.9. The number of sulfonamides is 1. The van der Waals surface area contributed by atoms with Gasteiger partial charge in [-0.25, -0.2) is 12.8 Å². The fourth-order valence-electron chi connectivity index (χ4n) is 2.27. The first-order valence-corrected chi connectivity index (χ1v) is 9.88. The van der Waals surface area contributed by atoms with Gasteiger partial charge in [-0.3, -0.25) is 9.52 Å². The predicted molar refractivity (Wildman–Crippen MR) is 99.8 cm³/mol. The average molecular weight is 378 g/mol. The number of amides is 1. The molecule has 0 heterocycles. The Morgan fingerprint density at radius 2 is 1.65 bits per heavy atom. The summed E-state index contributed by atoms with van der Waals surface area (Å²) in [5.74, 6) is -0.0334. The van der Waals surface area contributed by atoms with Crippen molar-refractivity contribution in [3.8, 4) is 0 Å². The van der Waals surface area contributed by atoms with Crippen molar-refractivity contribution in [3.63, 3.8) is 0 Å². The number of hydrogen-bond donors (Lipinski definition) is 2. The van der Waals surface area contributed by atoms with E-state index in [0.29, 0.717) is 18.2 Å². The van der Waals surface area contributed by atoms with E-state index in [4.69, 9.17) is 0 Å². The minimum absolute atomic E-state index is 0.0208. The average Bonchev–Trinajstić information content (AvgIpc) is 2.56. The van der Waals surface area contributed by atoms with Crippen molar-refractivity contribution >= 4 is 21.6 Å². The highest BCUT2D eigenvalue weighted by molar-refractivity contribution is 7.92. The third-order valence-electron chi connectivity index (χ3n) is 3.74. The topological polar surface area (TPSA) is 75.3 Å². The Morgan fingerprint density at radius 1 is 1.04 bits per heavy atom. The highest BCUT2D eigenvalue weighted by Crippen LogP contribution is 2.17. The zero-order chi connectivity index (χ0) is 19.2. The number of carbonyl (C=O) groups excluding carboxylic acids is 1. The molecule has 2 aromatic rings. The van der Waals surface area contributed by atoms with Gasteiger partial charge in [0, 0.05) is 12.2 Å². The first-order chi connectivity index (χ1) is 12.3. The van der Waals surface area contributed by atoms with Gasteiger partial charge in [0.25, 0.3) is 10.0 Å². The third-order valence-corrected chi connectivity index (χ3v) is 5.14. The number of rotatable bonds is 8. The van der Waals surface area contributed by atoms with E-state index in [9.17, 15) is 17.6 Å². The van der Waals surface area contributed by atoms with E-state index in [1.807, 2.05) is 0 Å². The molecule has 0 bridgehead atoms. The molecule has 0 aromatic heterocycles. The van der Waals surface area contributed by atoms with Crippen LogP contribution in [0.1, 0.15) is 25.8 Å². The van der Waals surface area contributed by atoms with Gasteiger partial charge in [0.15, 0.2) is 0 Å². The fraction of sp³-hybridized carbons (Fsp3) is 0.316. The van der Waals surface area contributed by atoms with E-state index in [2.05, 4.69) is 23.9 Å². The Morgan fingerprint density at radius 3 is 2.23 bits per heavy atom. The molecule has 0 aliphatic carbocycles. The molecular formula is C19H23FN2O3S. The van der Waals surface area contributed by atoms with E-state index in [0.717, 1.165) is 24.1 Å². The molecule has 1 amide bonds. The number of anilines is 1. The lowest BCUT2D eigenvalue weighted by molar-refractivity contribution is -0.120. The van der Waals surface area contributed by atoms with Crippen LogP contribution in [0.5, 0.6) is 0 Å². The van der Waals surface area contributed by atoms with Crippen LogP contribution in [0, 0.1) is 11.7 Å². The maximum absolute atomic E-state index is 12.9. The minimum atomic E-state index is -3.78. The second-order valence-corrected chi connectivity index (χ2v) is 8.15. The van der Waals surface area contributed by atoms with Gasteiger partial charge in [-0.1, -0.05) is 26.0 Å². The van der Waals surface area contributed by atoms with Gasteiger partial charge in [0.1, 0.15) is 5.82 Å². The Bertz CT molecular complexity index is 832. The van der Waals surface area contributed by atoms with Crippen LogP contribution >= 0.6 is 0 Å². The SMILES string of the molecule is CC(C)CCNC(=O)Cc1ccc(NS(=O)(=O)c2ccc(F)cc2)cc1. The monoisotopic (exact) mass is 378 g/mol. The zero-order valence-corrected chi connectivity index (χ0v) is 15.6.